The van der Waals surface area contributed by atoms with Crippen molar-refractivity contribution in [1.82, 2.24) is 20.1 Å². The first kappa shape index (κ1) is 21.7. The van der Waals surface area contributed by atoms with Crippen molar-refractivity contribution in [2.45, 2.75) is 58.3 Å². The molecule has 2 fully saturated rings. The number of piperazine rings is 1. The van der Waals surface area contributed by atoms with Gasteiger partial charge < -0.3 is 15.0 Å². The smallest absolute Gasteiger partial charge is 0.237 e. The fourth-order valence-corrected chi connectivity index (χ4v) is 3.94. The molecule has 2 saturated heterocycles. The van der Waals surface area contributed by atoms with E-state index in [-0.39, 0.29) is 30.4 Å². The summed E-state index contributed by atoms with van der Waals surface area (Å²) in [5.74, 6) is 0.650. The van der Waals surface area contributed by atoms with Crippen LogP contribution in [0, 0.1) is 5.92 Å². The first-order chi connectivity index (χ1) is 14.0. The van der Waals surface area contributed by atoms with Gasteiger partial charge in [0.05, 0.1) is 25.2 Å². The molecule has 1 atom stereocenters. The number of nitrogens with zero attached hydrogens (tertiary/aromatic N) is 3. The lowest BCUT2D eigenvalue weighted by molar-refractivity contribution is -0.140. The van der Waals surface area contributed by atoms with Crippen LogP contribution in [0.4, 0.5) is 0 Å². The quantitative estimate of drug-likeness (QED) is 0.718. The van der Waals surface area contributed by atoms with E-state index >= 15 is 0 Å². The Morgan fingerprint density at radius 1 is 1.31 bits per heavy atom. The van der Waals surface area contributed by atoms with Crippen molar-refractivity contribution < 1.29 is 14.3 Å². The third-order valence-corrected chi connectivity index (χ3v) is 5.81. The number of hydrogen-bond donors (Lipinski definition) is 1. The number of pyridine rings is 1. The number of piperidine rings is 1. The summed E-state index contributed by atoms with van der Waals surface area (Å²) in [5, 5.41) is 2.92. The van der Waals surface area contributed by atoms with Crippen LogP contribution in [0.5, 0.6) is 0 Å². The molecule has 1 N–H and O–H groups in total. The molecule has 0 aromatic carbocycles. The molecule has 160 valence electrons. The van der Waals surface area contributed by atoms with Crippen LogP contribution >= 0.6 is 0 Å². The zero-order chi connectivity index (χ0) is 20.6. The van der Waals surface area contributed by atoms with Crippen LogP contribution in [0.2, 0.25) is 0 Å². The summed E-state index contributed by atoms with van der Waals surface area (Å²) in [7, 11) is 0. The Morgan fingerprint density at radius 2 is 2.10 bits per heavy atom. The fourth-order valence-electron chi connectivity index (χ4n) is 3.94. The van der Waals surface area contributed by atoms with Crippen molar-refractivity contribution in [1.29, 1.82) is 0 Å². The van der Waals surface area contributed by atoms with Gasteiger partial charge in [0.2, 0.25) is 11.8 Å². The summed E-state index contributed by atoms with van der Waals surface area (Å²) in [6.07, 6.45) is 6.71. The molecule has 2 aliphatic rings. The van der Waals surface area contributed by atoms with Crippen LogP contribution in [0.3, 0.4) is 0 Å². The Bertz CT molecular complexity index is 659. The zero-order valence-electron chi connectivity index (χ0n) is 17.7. The molecule has 0 radical (unpaired) electrons. The van der Waals surface area contributed by atoms with Crippen molar-refractivity contribution in [2.24, 2.45) is 5.92 Å². The highest BCUT2D eigenvalue weighted by molar-refractivity contribution is 5.88. The van der Waals surface area contributed by atoms with Gasteiger partial charge >= 0.3 is 0 Å². The molecular weight excluding hydrogens is 368 g/mol. The Labute approximate surface area is 173 Å². The SMILES string of the molecule is CC(C)CCN1CCNC(=O)C1CC(=O)N1CCC(OCc2cccnc2)CC1. The minimum Gasteiger partial charge on any atom is -0.373 e. The van der Waals surface area contributed by atoms with E-state index in [2.05, 4.69) is 29.0 Å². The van der Waals surface area contributed by atoms with Gasteiger partial charge in [-0.3, -0.25) is 19.5 Å². The summed E-state index contributed by atoms with van der Waals surface area (Å²) in [4.78, 5) is 33.4. The van der Waals surface area contributed by atoms with E-state index in [9.17, 15) is 9.59 Å². The van der Waals surface area contributed by atoms with Crippen molar-refractivity contribution in [3.05, 3.63) is 30.1 Å². The van der Waals surface area contributed by atoms with E-state index in [1.165, 1.54) is 0 Å². The van der Waals surface area contributed by atoms with E-state index < -0.39 is 0 Å². The Balaban J connectivity index is 1.45. The standard InChI is InChI=1S/C22H34N4O3/c1-17(2)5-10-25-13-9-24-22(28)20(25)14-21(27)26-11-6-19(7-12-26)29-16-18-4-3-8-23-15-18/h3-4,8,15,17,19-20H,5-7,9-14,16H2,1-2H3,(H,24,28). The summed E-state index contributed by atoms with van der Waals surface area (Å²) < 4.78 is 5.99. The third-order valence-electron chi connectivity index (χ3n) is 5.81. The minimum absolute atomic E-state index is 0.0111. The predicted molar refractivity (Wildman–Crippen MR) is 111 cm³/mol. The number of likely N-dealkylation sites (tertiary alicyclic amines) is 1. The molecule has 1 unspecified atom stereocenters. The average molecular weight is 403 g/mol. The van der Waals surface area contributed by atoms with E-state index in [0.29, 0.717) is 32.2 Å². The number of rotatable bonds is 8. The number of ether oxygens (including phenoxy) is 1. The van der Waals surface area contributed by atoms with Gasteiger partial charge in [0, 0.05) is 38.6 Å². The van der Waals surface area contributed by atoms with Crippen molar-refractivity contribution in [3.8, 4) is 0 Å². The Hall–Kier alpha value is -1.99. The Morgan fingerprint density at radius 3 is 2.79 bits per heavy atom. The van der Waals surface area contributed by atoms with Gasteiger partial charge in [-0.15, -0.1) is 0 Å². The maximum Gasteiger partial charge on any atom is 0.237 e. The fraction of sp³-hybridized carbons (Fsp3) is 0.682. The first-order valence-corrected chi connectivity index (χ1v) is 10.8. The van der Waals surface area contributed by atoms with E-state index in [1.54, 1.807) is 6.20 Å². The molecule has 7 heteroatoms. The largest absolute Gasteiger partial charge is 0.373 e. The van der Waals surface area contributed by atoms with Crippen molar-refractivity contribution in [2.75, 3.05) is 32.7 Å². The van der Waals surface area contributed by atoms with Crippen molar-refractivity contribution in [3.63, 3.8) is 0 Å². The predicted octanol–water partition coefficient (Wildman–Crippen LogP) is 1.83. The number of aromatic nitrogens is 1. The number of carbonyl (C=O) groups excluding carboxylic acids is 2. The average Bonchev–Trinajstić information content (AvgIpc) is 2.73. The molecule has 2 amide bonds. The molecule has 1 aromatic rings. The second kappa shape index (κ2) is 10.7. The second-order valence-electron chi connectivity index (χ2n) is 8.48. The molecule has 7 nitrogen and oxygen atoms in total. The molecule has 3 heterocycles. The van der Waals surface area contributed by atoms with Crippen LogP contribution in [0.15, 0.2) is 24.5 Å². The molecule has 29 heavy (non-hydrogen) atoms. The van der Waals surface area contributed by atoms with Gasteiger partial charge in [0.1, 0.15) is 0 Å². The van der Waals surface area contributed by atoms with E-state index in [0.717, 1.165) is 37.9 Å². The molecule has 0 bridgehead atoms. The lowest BCUT2D eigenvalue weighted by Gasteiger charge is -2.37. The maximum absolute atomic E-state index is 12.9. The number of nitrogens with one attached hydrogen (secondary N) is 1. The third kappa shape index (κ3) is 6.51. The van der Waals surface area contributed by atoms with Crippen LogP contribution in [-0.2, 0) is 20.9 Å². The summed E-state index contributed by atoms with van der Waals surface area (Å²) in [6.45, 7) is 8.66. The summed E-state index contributed by atoms with van der Waals surface area (Å²) >= 11 is 0. The molecule has 3 rings (SSSR count). The van der Waals surface area contributed by atoms with Gasteiger partial charge in [-0.05, 0) is 43.4 Å². The highest BCUT2D eigenvalue weighted by Crippen LogP contribution is 2.19. The number of carbonyl (C=O) groups is 2. The lowest BCUT2D eigenvalue weighted by atomic mass is 10.0. The zero-order valence-corrected chi connectivity index (χ0v) is 17.7. The van der Waals surface area contributed by atoms with Gasteiger partial charge in [0.25, 0.3) is 0 Å². The van der Waals surface area contributed by atoms with Crippen molar-refractivity contribution >= 4 is 11.8 Å². The number of hydrogen-bond acceptors (Lipinski definition) is 5. The molecule has 0 spiro atoms. The second-order valence-corrected chi connectivity index (χ2v) is 8.48. The van der Waals surface area contributed by atoms with E-state index in [4.69, 9.17) is 4.74 Å². The minimum atomic E-state index is -0.338. The summed E-state index contributed by atoms with van der Waals surface area (Å²) in [6, 6.07) is 3.58. The first-order valence-electron chi connectivity index (χ1n) is 10.8. The molecule has 2 aliphatic heterocycles. The monoisotopic (exact) mass is 402 g/mol. The molecular formula is C22H34N4O3. The van der Waals surface area contributed by atoms with Crippen LogP contribution < -0.4 is 5.32 Å². The normalized spacial score (nSPS) is 21.4. The highest BCUT2D eigenvalue weighted by atomic mass is 16.5. The van der Waals surface area contributed by atoms with Crippen LogP contribution in [0.25, 0.3) is 0 Å². The Kier molecular flexibility index (Phi) is 8.00. The van der Waals surface area contributed by atoms with Gasteiger partial charge in [0.15, 0.2) is 0 Å². The van der Waals surface area contributed by atoms with Gasteiger partial charge in [-0.1, -0.05) is 19.9 Å². The molecule has 0 saturated carbocycles. The maximum atomic E-state index is 12.9. The summed E-state index contributed by atoms with van der Waals surface area (Å²) in [5.41, 5.74) is 1.07. The van der Waals surface area contributed by atoms with E-state index in [1.807, 2.05) is 23.2 Å². The van der Waals surface area contributed by atoms with Crippen LogP contribution in [0.1, 0.15) is 45.1 Å². The molecule has 0 aliphatic carbocycles. The van der Waals surface area contributed by atoms with Gasteiger partial charge in [-0.2, -0.15) is 0 Å². The van der Waals surface area contributed by atoms with Crippen LogP contribution in [-0.4, -0.2) is 71.5 Å². The highest BCUT2D eigenvalue weighted by Gasteiger charge is 2.33. The number of amides is 2. The van der Waals surface area contributed by atoms with Gasteiger partial charge in [-0.25, -0.2) is 0 Å². The lowest BCUT2D eigenvalue weighted by Crippen LogP contribution is -2.57. The topological polar surface area (TPSA) is 74.8 Å². The molecule has 1 aromatic heterocycles.